The highest BCUT2D eigenvalue weighted by Crippen LogP contribution is 2.30. The van der Waals surface area contributed by atoms with Crippen LogP contribution < -0.4 is 4.72 Å². The normalized spacial score (nSPS) is 17.5. The lowest BCUT2D eigenvalue weighted by Gasteiger charge is -2.17. The molecule has 0 spiro atoms. The molecule has 1 fully saturated rings. The van der Waals surface area contributed by atoms with Crippen LogP contribution in [-0.4, -0.2) is 37.0 Å². The molecule has 0 amide bonds. The van der Waals surface area contributed by atoms with Crippen LogP contribution in [0.1, 0.15) is 18.9 Å². The fourth-order valence-electron chi connectivity index (χ4n) is 4.82. The fraction of sp³-hybridized carbons (Fsp3) is 0.280. The number of para-hydroxylation sites is 1. The summed E-state index contributed by atoms with van der Waals surface area (Å²) in [6.07, 6.45) is 0.699. The highest BCUT2D eigenvalue weighted by Gasteiger charge is 2.28. The van der Waals surface area contributed by atoms with Crippen LogP contribution in [0.2, 0.25) is 0 Å². The molecule has 5 rings (SSSR count). The van der Waals surface area contributed by atoms with Gasteiger partial charge in [-0.05, 0) is 49.2 Å². The summed E-state index contributed by atoms with van der Waals surface area (Å²) in [5.74, 6) is -0.727. The summed E-state index contributed by atoms with van der Waals surface area (Å²) in [6, 6.07) is 20.3. The highest BCUT2D eigenvalue weighted by atomic mass is 32.2. The van der Waals surface area contributed by atoms with Crippen molar-refractivity contribution >= 4 is 31.8 Å². The maximum absolute atomic E-state index is 14.0. The third kappa shape index (κ3) is 3.81. The molecule has 0 bridgehead atoms. The van der Waals surface area contributed by atoms with E-state index in [1.165, 1.54) is 51.6 Å². The van der Waals surface area contributed by atoms with E-state index in [9.17, 15) is 12.8 Å². The van der Waals surface area contributed by atoms with Crippen molar-refractivity contribution in [3.8, 4) is 0 Å². The van der Waals surface area contributed by atoms with Crippen molar-refractivity contribution in [2.24, 2.45) is 0 Å². The molecule has 1 unspecified atom stereocenters. The number of hydrogen-bond acceptors (Lipinski definition) is 3. The number of hydrogen-bond donors (Lipinski definition) is 1. The first-order valence-electron chi connectivity index (χ1n) is 11.0. The Bertz CT molecular complexity index is 1400. The minimum Gasteiger partial charge on any atom is -0.341 e. The molecule has 0 aliphatic carbocycles. The molecule has 1 N–H and O–H groups in total. The average Bonchev–Trinajstić information content (AvgIpc) is 3.34. The number of aryl methyl sites for hydroxylation is 1. The van der Waals surface area contributed by atoms with E-state index in [1.807, 2.05) is 0 Å². The van der Waals surface area contributed by atoms with Gasteiger partial charge in [-0.1, -0.05) is 36.4 Å². The zero-order chi connectivity index (χ0) is 22.3. The summed E-state index contributed by atoms with van der Waals surface area (Å²) in [5.41, 5.74) is 3.68. The Morgan fingerprint density at radius 3 is 2.56 bits per heavy atom. The molecule has 0 radical (unpaired) electrons. The van der Waals surface area contributed by atoms with Crippen molar-refractivity contribution in [2.45, 2.75) is 37.4 Å². The SMILES string of the molecule is CCn1c2ccccc2c2cc(CN3CCC(NS(=O)(=O)c4ccccc4F)C3)ccc21. The van der Waals surface area contributed by atoms with Gasteiger partial charge in [-0.25, -0.2) is 17.5 Å². The molecule has 1 saturated heterocycles. The molecule has 1 aromatic heterocycles. The van der Waals surface area contributed by atoms with Gasteiger partial charge >= 0.3 is 0 Å². The molecular weight excluding hydrogens is 425 g/mol. The van der Waals surface area contributed by atoms with E-state index in [0.29, 0.717) is 13.0 Å². The number of nitrogens with one attached hydrogen (secondary N) is 1. The first kappa shape index (κ1) is 21.1. The molecule has 1 aliphatic heterocycles. The van der Waals surface area contributed by atoms with Crippen molar-refractivity contribution in [2.75, 3.05) is 13.1 Å². The van der Waals surface area contributed by atoms with Crippen molar-refractivity contribution < 1.29 is 12.8 Å². The summed E-state index contributed by atoms with van der Waals surface area (Å²) in [7, 11) is -3.88. The van der Waals surface area contributed by atoms with E-state index in [-0.39, 0.29) is 10.9 Å². The van der Waals surface area contributed by atoms with Crippen LogP contribution in [0.3, 0.4) is 0 Å². The standard InChI is InChI=1S/C25H26FN3O2S/c1-2-29-23-9-5-3-7-20(23)21-15-18(11-12-24(21)29)16-28-14-13-19(17-28)27-32(30,31)25-10-6-4-8-22(25)26/h3-12,15,19,27H,2,13-14,16-17H2,1H3. The monoisotopic (exact) mass is 451 g/mol. The topological polar surface area (TPSA) is 54.3 Å². The first-order chi connectivity index (χ1) is 15.5. The van der Waals surface area contributed by atoms with Crippen LogP contribution in [0.4, 0.5) is 4.39 Å². The Hall–Kier alpha value is -2.74. The van der Waals surface area contributed by atoms with E-state index in [2.05, 4.69) is 63.6 Å². The van der Waals surface area contributed by atoms with Crippen molar-refractivity contribution in [3.05, 3.63) is 78.1 Å². The second-order valence-corrected chi connectivity index (χ2v) is 10.1. The fourth-order valence-corrected chi connectivity index (χ4v) is 6.16. The molecule has 5 nitrogen and oxygen atoms in total. The summed E-state index contributed by atoms with van der Waals surface area (Å²) < 4.78 is 44.2. The minimum absolute atomic E-state index is 0.231. The lowest BCUT2D eigenvalue weighted by atomic mass is 10.1. The number of aromatic nitrogens is 1. The minimum atomic E-state index is -3.88. The molecular formula is C25H26FN3O2S. The van der Waals surface area contributed by atoms with Gasteiger partial charge in [0.15, 0.2) is 0 Å². The zero-order valence-corrected chi connectivity index (χ0v) is 18.8. The maximum atomic E-state index is 14.0. The van der Waals surface area contributed by atoms with Gasteiger partial charge in [-0.3, -0.25) is 4.90 Å². The average molecular weight is 452 g/mol. The Balaban J connectivity index is 1.33. The molecule has 7 heteroatoms. The van der Waals surface area contributed by atoms with Crippen LogP contribution in [0.25, 0.3) is 21.8 Å². The third-order valence-corrected chi connectivity index (χ3v) is 7.83. The lowest BCUT2D eigenvalue weighted by molar-refractivity contribution is 0.324. The number of likely N-dealkylation sites (tertiary alicyclic amines) is 1. The predicted octanol–water partition coefficient (Wildman–Crippen LogP) is 4.51. The predicted molar refractivity (Wildman–Crippen MR) is 126 cm³/mol. The molecule has 3 aromatic carbocycles. The van der Waals surface area contributed by atoms with E-state index in [4.69, 9.17) is 0 Å². The number of halogens is 1. The number of nitrogens with zero attached hydrogens (tertiary/aromatic N) is 2. The largest absolute Gasteiger partial charge is 0.341 e. The molecule has 0 saturated carbocycles. The quantitative estimate of drug-likeness (QED) is 0.469. The Morgan fingerprint density at radius 1 is 1.00 bits per heavy atom. The van der Waals surface area contributed by atoms with Crippen molar-refractivity contribution in [1.29, 1.82) is 0 Å². The van der Waals surface area contributed by atoms with E-state index in [0.717, 1.165) is 19.6 Å². The van der Waals surface area contributed by atoms with Gasteiger partial charge in [-0.2, -0.15) is 0 Å². The Labute approximate surface area is 187 Å². The second-order valence-electron chi connectivity index (χ2n) is 8.39. The van der Waals surface area contributed by atoms with E-state index in [1.54, 1.807) is 0 Å². The highest BCUT2D eigenvalue weighted by molar-refractivity contribution is 7.89. The van der Waals surface area contributed by atoms with Crippen LogP contribution >= 0.6 is 0 Å². The van der Waals surface area contributed by atoms with Crippen molar-refractivity contribution in [3.63, 3.8) is 0 Å². The van der Waals surface area contributed by atoms with Gasteiger partial charge in [0.1, 0.15) is 10.7 Å². The second kappa shape index (κ2) is 8.31. The van der Waals surface area contributed by atoms with Crippen LogP contribution in [0.15, 0.2) is 71.6 Å². The molecule has 1 atom stereocenters. The molecule has 166 valence electrons. The Kier molecular flexibility index (Phi) is 5.49. The molecule has 32 heavy (non-hydrogen) atoms. The Morgan fingerprint density at radius 2 is 1.75 bits per heavy atom. The number of fused-ring (bicyclic) bond motifs is 3. The van der Waals surface area contributed by atoms with Crippen LogP contribution in [0.5, 0.6) is 0 Å². The lowest BCUT2D eigenvalue weighted by Crippen LogP contribution is -2.37. The summed E-state index contributed by atoms with van der Waals surface area (Å²) >= 11 is 0. The van der Waals surface area contributed by atoms with E-state index >= 15 is 0 Å². The first-order valence-corrected chi connectivity index (χ1v) is 12.4. The number of benzene rings is 3. The van der Waals surface area contributed by atoms with Gasteiger partial charge in [0, 0.05) is 54.0 Å². The van der Waals surface area contributed by atoms with Gasteiger partial charge in [0.25, 0.3) is 0 Å². The smallest absolute Gasteiger partial charge is 0.243 e. The van der Waals surface area contributed by atoms with E-state index < -0.39 is 15.8 Å². The zero-order valence-electron chi connectivity index (χ0n) is 18.0. The summed E-state index contributed by atoms with van der Waals surface area (Å²) in [4.78, 5) is 1.95. The third-order valence-electron chi connectivity index (χ3n) is 6.28. The van der Waals surface area contributed by atoms with Crippen LogP contribution in [-0.2, 0) is 23.1 Å². The van der Waals surface area contributed by atoms with Gasteiger partial charge in [-0.15, -0.1) is 0 Å². The number of rotatable bonds is 6. The summed E-state index contributed by atoms with van der Waals surface area (Å²) in [5, 5.41) is 2.50. The van der Waals surface area contributed by atoms with Crippen LogP contribution in [0, 0.1) is 5.82 Å². The maximum Gasteiger partial charge on any atom is 0.243 e. The molecule has 4 aromatic rings. The molecule has 2 heterocycles. The summed E-state index contributed by atoms with van der Waals surface area (Å²) in [6.45, 7) is 5.22. The molecule has 1 aliphatic rings. The number of sulfonamides is 1. The van der Waals surface area contributed by atoms with Crippen molar-refractivity contribution in [1.82, 2.24) is 14.2 Å². The van der Waals surface area contributed by atoms with Gasteiger partial charge in [0.2, 0.25) is 10.0 Å². The van der Waals surface area contributed by atoms with Gasteiger partial charge < -0.3 is 4.57 Å². The van der Waals surface area contributed by atoms with Gasteiger partial charge in [0.05, 0.1) is 0 Å².